The van der Waals surface area contributed by atoms with Crippen molar-refractivity contribution in [1.29, 1.82) is 0 Å². The molecule has 0 saturated heterocycles. The molecule has 0 radical (unpaired) electrons. The first-order chi connectivity index (χ1) is 11.7. The molecule has 118 valence electrons. The molecule has 0 aromatic heterocycles. The zero-order valence-corrected chi connectivity index (χ0v) is 20.1. The summed E-state index contributed by atoms with van der Waals surface area (Å²) in [5.41, 5.74) is 6.60. The summed E-state index contributed by atoms with van der Waals surface area (Å²) in [4.78, 5) is 10.8. The van der Waals surface area contributed by atoms with Crippen LogP contribution in [0.4, 0.5) is 5.69 Å². The van der Waals surface area contributed by atoms with E-state index in [1.165, 1.54) is 12.1 Å². The molecule has 0 atom stereocenters. The number of hydrogen-bond acceptors (Lipinski definition) is 4. The molecule has 4 nitrogen and oxygen atoms in total. The van der Waals surface area contributed by atoms with Crippen molar-refractivity contribution >= 4 is 17.4 Å². The average Bonchev–Trinajstić information content (AvgIpc) is 2.64. The number of anilines is 1. The van der Waals surface area contributed by atoms with E-state index >= 15 is 0 Å². The smallest absolute Gasteiger partial charge is 0.545 e. The monoisotopic (exact) mass is 448 g/mol. The fourth-order valence-electron chi connectivity index (χ4n) is 2.29. The molecular formula is C20H15CsN2O2. The van der Waals surface area contributed by atoms with E-state index in [9.17, 15) is 9.90 Å². The Balaban J connectivity index is 0.00000225. The first-order valence-corrected chi connectivity index (χ1v) is 7.50. The maximum Gasteiger partial charge on any atom is 1.00 e. The molecule has 0 aliphatic carbocycles. The average molecular weight is 448 g/mol. The Morgan fingerprint density at radius 1 is 0.720 bits per heavy atom. The third-order valence-corrected chi connectivity index (χ3v) is 3.51. The second-order valence-corrected chi connectivity index (χ2v) is 5.17. The Bertz CT molecular complexity index is 806. The number of carbonyl (C=O) groups is 1. The molecule has 0 aliphatic heterocycles. The molecule has 3 aromatic rings. The second kappa shape index (κ2) is 9.96. The number of hydrogen-bond donors (Lipinski definition) is 1. The molecule has 25 heavy (non-hydrogen) atoms. The summed E-state index contributed by atoms with van der Waals surface area (Å²) in [6, 6.07) is 26.0. The molecule has 0 bridgehead atoms. The molecule has 0 fully saturated rings. The minimum absolute atomic E-state index is 0. The van der Waals surface area contributed by atoms with Crippen LogP contribution >= 0.6 is 0 Å². The van der Waals surface area contributed by atoms with E-state index in [0.717, 1.165) is 16.8 Å². The summed E-state index contributed by atoms with van der Waals surface area (Å²) in [6.07, 6.45) is 0. The summed E-state index contributed by atoms with van der Waals surface area (Å²) >= 11 is 0. The molecule has 1 N–H and O–H groups in total. The fourth-order valence-corrected chi connectivity index (χ4v) is 2.29. The van der Waals surface area contributed by atoms with Crippen molar-refractivity contribution in [1.82, 2.24) is 0 Å². The third-order valence-electron chi connectivity index (χ3n) is 3.51. The van der Waals surface area contributed by atoms with Gasteiger partial charge in [0.15, 0.2) is 0 Å². The second-order valence-electron chi connectivity index (χ2n) is 5.17. The first kappa shape index (κ1) is 20.0. The van der Waals surface area contributed by atoms with Gasteiger partial charge in [-0.3, -0.25) is 5.43 Å². The topological polar surface area (TPSA) is 64.5 Å². The van der Waals surface area contributed by atoms with E-state index in [1.54, 1.807) is 12.1 Å². The van der Waals surface area contributed by atoms with Crippen LogP contribution in [0, 0.1) is 0 Å². The summed E-state index contributed by atoms with van der Waals surface area (Å²) in [5, 5.41) is 15.3. The Hall–Kier alpha value is -1.35. The van der Waals surface area contributed by atoms with Crippen molar-refractivity contribution in [3.63, 3.8) is 0 Å². The van der Waals surface area contributed by atoms with Crippen LogP contribution < -0.4 is 79.4 Å². The number of carboxylic acid groups (broad SMARTS) is 1. The van der Waals surface area contributed by atoms with Gasteiger partial charge in [-0.05, 0) is 17.7 Å². The van der Waals surface area contributed by atoms with E-state index < -0.39 is 5.97 Å². The van der Waals surface area contributed by atoms with Gasteiger partial charge in [-0.15, -0.1) is 0 Å². The molecule has 0 unspecified atom stereocenters. The van der Waals surface area contributed by atoms with Gasteiger partial charge in [0.05, 0.1) is 17.4 Å². The fraction of sp³-hybridized carbons (Fsp3) is 0. The SMILES string of the molecule is O=C([O-])c1ccc(NN=C(c2ccccc2)c2ccccc2)cc1.[Cs+]. The summed E-state index contributed by atoms with van der Waals surface area (Å²) in [5.74, 6) is -1.20. The van der Waals surface area contributed by atoms with Gasteiger partial charge >= 0.3 is 68.9 Å². The number of aromatic carboxylic acids is 1. The molecular weight excluding hydrogens is 433 g/mol. The van der Waals surface area contributed by atoms with E-state index in [-0.39, 0.29) is 74.5 Å². The number of carboxylic acids is 1. The Labute approximate surface area is 205 Å². The van der Waals surface area contributed by atoms with Gasteiger partial charge in [0, 0.05) is 11.1 Å². The standard InChI is InChI=1S/C20H16N2O2.Cs/c23-20(24)17-11-13-18(14-12-17)21-22-19(15-7-3-1-4-8-15)16-9-5-2-6-10-16;/h1-14,21H,(H,23,24);/q;+1/p-1. The zero-order valence-electron chi connectivity index (χ0n) is 13.8. The van der Waals surface area contributed by atoms with Gasteiger partial charge in [-0.1, -0.05) is 72.8 Å². The van der Waals surface area contributed by atoms with E-state index in [2.05, 4.69) is 10.5 Å². The predicted molar refractivity (Wildman–Crippen MR) is 92.9 cm³/mol. The summed E-state index contributed by atoms with van der Waals surface area (Å²) in [6.45, 7) is 0. The Morgan fingerprint density at radius 3 is 1.64 bits per heavy atom. The maximum absolute atomic E-state index is 10.8. The van der Waals surface area contributed by atoms with E-state index in [1.807, 2.05) is 60.7 Å². The minimum Gasteiger partial charge on any atom is -0.545 e. The van der Waals surface area contributed by atoms with Crippen LogP contribution in [0.1, 0.15) is 21.5 Å². The maximum atomic E-state index is 10.8. The van der Waals surface area contributed by atoms with Crippen molar-refractivity contribution in [2.24, 2.45) is 5.10 Å². The minimum atomic E-state index is -1.20. The van der Waals surface area contributed by atoms with Crippen LogP contribution in [0.15, 0.2) is 90.0 Å². The van der Waals surface area contributed by atoms with Gasteiger partial charge in [-0.2, -0.15) is 5.10 Å². The Morgan fingerprint density at radius 2 is 1.20 bits per heavy atom. The first-order valence-electron chi connectivity index (χ1n) is 7.50. The summed E-state index contributed by atoms with van der Waals surface area (Å²) < 4.78 is 0. The van der Waals surface area contributed by atoms with Crippen LogP contribution in [0.2, 0.25) is 0 Å². The van der Waals surface area contributed by atoms with Crippen LogP contribution in [0.25, 0.3) is 0 Å². The molecule has 3 rings (SSSR count). The van der Waals surface area contributed by atoms with Crippen molar-refractivity contribution in [2.75, 3.05) is 5.43 Å². The Kier molecular flexibility index (Phi) is 7.96. The molecule has 3 aromatic carbocycles. The molecule has 0 aliphatic rings. The van der Waals surface area contributed by atoms with Crippen LogP contribution in [-0.2, 0) is 0 Å². The summed E-state index contributed by atoms with van der Waals surface area (Å²) in [7, 11) is 0. The van der Waals surface area contributed by atoms with Gasteiger partial charge in [0.2, 0.25) is 0 Å². The molecule has 0 spiro atoms. The molecule has 0 amide bonds. The molecule has 5 heteroatoms. The van der Waals surface area contributed by atoms with Crippen molar-refractivity contribution in [2.45, 2.75) is 0 Å². The quantitative estimate of drug-likeness (QED) is 0.439. The number of benzene rings is 3. The molecule has 0 saturated carbocycles. The number of rotatable bonds is 5. The number of nitrogens with zero attached hydrogens (tertiary/aromatic N) is 1. The van der Waals surface area contributed by atoms with Crippen molar-refractivity contribution < 1.29 is 78.8 Å². The third kappa shape index (κ3) is 5.57. The number of nitrogens with one attached hydrogen (secondary N) is 1. The zero-order chi connectivity index (χ0) is 16.8. The van der Waals surface area contributed by atoms with Crippen molar-refractivity contribution in [3.05, 3.63) is 102 Å². The van der Waals surface area contributed by atoms with E-state index in [0.29, 0.717) is 5.69 Å². The van der Waals surface area contributed by atoms with Gasteiger partial charge < -0.3 is 9.90 Å². The van der Waals surface area contributed by atoms with E-state index in [4.69, 9.17) is 0 Å². The number of hydrazone groups is 1. The van der Waals surface area contributed by atoms with Crippen LogP contribution in [-0.4, -0.2) is 11.7 Å². The van der Waals surface area contributed by atoms with Crippen LogP contribution in [0.3, 0.4) is 0 Å². The number of carbonyl (C=O) groups excluding carboxylic acids is 1. The van der Waals surface area contributed by atoms with Gasteiger partial charge in [0.25, 0.3) is 0 Å². The molecule has 0 heterocycles. The van der Waals surface area contributed by atoms with Gasteiger partial charge in [-0.25, -0.2) is 0 Å². The van der Waals surface area contributed by atoms with Crippen molar-refractivity contribution in [3.8, 4) is 0 Å². The normalized spacial score (nSPS) is 9.60. The van der Waals surface area contributed by atoms with Crippen LogP contribution in [0.5, 0.6) is 0 Å². The predicted octanol–water partition coefficient (Wildman–Crippen LogP) is -0.0814. The largest absolute Gasteiger partial charge is 1.00 e. The van der Waals surface area contributed by atoms with Gasteiger partial charge in [0.1, 0.15) is 0 Å².